The zero-order valence-electron chi connectivity index (χ0n) is 2.20. The molecule has 0 unspecified atom stereocenters. The SMILES string of the molecule is [N]P(=O)(O)O. The van der Waals surface area contributed by atoms with Gasteiger partial charge in [-0.25, -0.2) is 4.57 Å². The molecule has 0 aromatic rings. The normalized spacial score (nSPS) is 11.8. The summed E-state index contributed by atoms with van der Waals surface area (Å²) >= 11 is 0. The lowest BCUT2D eigenvalue weighted by atomic mass is 13.9. The Kier molecular flexibility index (Phi) is 1.09. The molecule has 0 saturated heterocycles. The largest absolute Gasteiger partial charge is 0.434 e. The molecule has 0 saturated carbocycles. The first-order valence-electron chi connectivity index (χ1n) is 0.783. The Labute approximate surface area is 28.8 Å². The molecule has 0 atom stereocenters. The van der Waals surface area contributed by atoms with Crippen LogP contribution in [-0.2, 0) is 4.57 Å². The third-order valence-corrected chi connectivity index (χ3v) is 0. The molecule has 0 spiro atoms. The minimum absolute atomic E-state index is 4.64. The van der Waals surface area contributed by atoms with Crippen molar-refractivity contribution in [3.05, 3.63) is 0 Å². The maximum absolute atomic E-state index is 8.88. The number of hydrogen-bond acceptors (Lipinski definition) is 1. The molecule has 30 valence electrons. The van der Waals surface area contributed by atoms with E-state index in [4.69, 9.17) is 19.9 Å². The highest BCUT2D eigenvalue weighted by molar-refractivity contribution is 7.48. The Balaban J connectivity index is 3.47. The second-order valence-electron chi connectivity index (χ2n) is 0.513. The van der Waals surface area contributed by atoms with Gasteiger partial charge in [0.15, 0.2) is 0 Å². The molecule has 0 heterocycles. The number of nitrogens with zero attached hydrogens (tertiary/aromatic N) is 1. The average molecular weight is 95.0 g/mol. The van der Waals surface area contributed by atoms with Gasteiger partial charge in [-0.05, 0) is 5.50 Å². The van der Waals surface area contributed by atoms with Crippen molar-refractivity contribution in [2.45, 2.75) is 0 Å². The van der Waals surface area contributed by atoms with Crippen molar-refractivity contribution in [1.29, 1.82) is 0 Å². The van der Waals surface area contributed by atoms with Crippen LogP contribution in [0.25, 0.3) is 0 Å². The van der Waals surface area contributed by atoms with E-state index >= 15 is 0 Å². The topological polar surface area (TPSA) is 79.8 Å². The van der Waals surface area contributed by atoms with Gasteiger partial charge in [0, 0.05) is 0 Å². The van der Waals surface area contributed by atoms with Gasteiger partial charge in [-0.3, -0.25) is 0 Å². The molecule has 0 amide bonds. The summed E-state index contributed by atoms with van der Waals surface area (Å²) in [4.78, 5) is 14.4. The zero-order valence-corrected chi connectivity index (χ0v) is 3.09. The van der Waals surface area contributed by atoms with Gasteiger partial charge in [0.05, 0.1) is 0 Å². The van der Waals surface area contributed by atoms with Gasteiger partial charge in [-0.15, -0.1) is 0 Å². The smallest absolute Gasteiger partial charge is 0.311 e. The lowest BCUT2D eigenvalue weighted by molar-refractivity contribution is 0.372. The van der Waals surface area contributed by atoms with Gasteiger partial charge in [-0.1, -0.05) is 0 Å². The fraction of sp³-hybridized carbons (Fsp3) is 0. The predicted molar refractivity (Wildman–Crippen MR) is 14.2 cm³/mol. The van der Waals surface area contributed by atoms with E-state index in [0.717, 1.165) is 0 Å². The van der Waals surface area contributed by atoms with Crippen LogP contribution < -0.4 is 5.50 Å². The maximum atomic E-state index is 8.88. The van der Waals surface area contributed by atoms with Crippen LogP contribution in [0.15, 0.2) is 0 Å². The molecule has 0 aliphatic heterocycles. The van der Waals surface area contributed by atoms with Crippen molar-refractivity contribution in [3.63, 3.8) is 0 Å². The molecule has 2 radical (unpaired) electrons. The third-order valence-electron chi connectivity index (χ3n) is 0. The zero-order chi connectivity index (χ0) is 4.50. The van der Waals surface area contributed by atoms with Crippen molar-refractivity contribution in [2.75, 3.05) is 0 Å². The highest BCUT2D eigenvalue weighted by Gasteiger charge is 2.01. The van der Waals surface area contributed by atoms with Crippen molar-refractivity contribution < 1.29 is 14.4 Å². The monoisotopic (exact) mass is 95.0 g/mol. The summed E-state index contributed by atoms with van der Waals surface area (Å²) in [6.45, 7) is 0. The molecule has 0 aliphatic carbocycles. The van der Waals surface area contributed by atoms with E-state index in [1.165, 1.54) is 0 Å². The van der Waals surface area contributed by atoms with Crippen LogP contribution in [-0.4, -0.2) is 9.79 Å². The fourth-order valence-corrected chi connectivity index (χ4v) is 0. The summed E-state index contributed by atoms with van der Waals surface area (Å²) < 4.78 is 8.88. The Morgan fingerprint density at radius 3 is 1.60 bits per heavy atom. The van der Waals surface area contributed by atoms with Crippen LogP contribution in [0, 0.1) is 0 Å². The van der Waals surface area contributed by atoms with Gasteiger partial charge < -0.3 is 9.79 Å². The van der Waals surface area contributed by atoms with E-state index in [0.29, 0.717) is 0 Å². The summed E-state index contributed by atoms with van der Waals surface area (Å²) in [5.74, 6) is 0. The van der Waals surface area contributed by atoms with E-state index in [1.54, 1.807) is 0 Å². The van der Waals surface area contributed by atoms with Gasteiger partial charge >= 0.3 is 7.75 Å². The van der Waals surface area contributed by atoms with Crippen LogP contribution in [0.1, 0.15) is 0 Å². The van der Waals surface area contributed by atoms with Gasteiger partial charge in [-0.2, -0.15) is 0 Å². The highest BCUT2D eigenvalue weighted by Crippen LogP contribution is 2.24. The number of hydrogen-bond donors (Lipinski definition) is 2. The molecule has 5 heteroatoms. The Hall–Kier alpha value is 0.110. The quantitative estimate of drug-likeness (QED) is 0.384. The Bertz CT molecular complexity index is 53.0. The van der Waals surface area contributed by atoms with Crippen LogP contribution in [0.3, 0.4) is 0 Å². The Morgan fingerprint density at radius 2 is 1.60 bits per heavy atom. The van der Waals surface area contributed by atoms with E-state index in [1.807, 2.05) is 0 Å². The molecule has 0 bridgehead atoms. The first-order valence-corrected chi connectivity index (χ1v) is 2.35. The molecule has 0 aromatic carbocycles. The Morgan fingerprint density at radius 1 is 1.60 bits per heavy atom. The van der Waals surface area contributed by atoms with Gasteiger partial charge in [0.2, 0.25) is 0 Å². The first kappa shape index (κ1) is 5.11. The molecule has 5 heavy (non-hydrogen) atoms. The minimum atomic E-state index is -4.64. The average Bonchev–Trinajstić information content (AvgIpc) is 0.722. The first-order chi connectivity index (χ1) is 2.00. The molecule has 0 rings (SSSR count). The van der Waals surface area contributed by atoms with E-state index in [9.17, 15) is 0 Å². The standard InChI is InChI=1S/H2NO3P/c1-5(2,3)4/h(H2,2,3,4). The van der Waals surface area contributed by atoms with Crippen molar-refractivity contribution >= 4 is 7.75 Å². The van der Waals surface area contributed by atoms with Gasteiger partial charge in [0.1, 0.15) is 0 Å². The molecular formula is H2NO3P. The minimum Gasteiger partial charge on any atom is -0.311 e. The second kappa shape index (κ2) is 1.06. The van der Waals surface area contributed by atoms with Crippen LogP contribution in [0.2, 0.25) is 0 Å². The van der Waals surface area contributed by atoms with Crippen LogP contribution in [0.5, 0.6) is 0 Å². The summed E-state index contributed by atoms with van der Waals surface area (Å²) in [6, 6.07) is 0. The number of rotatable bonds is 0. The van der Waals surface area contributed by atoms with Crippen LogP contribution in [0.4, 0.5) is 0 Å². The lowest BCUT2D eigenvalue weighted by Gasteiger charge is -1.79. The molecular weight excluding hydrogens is 93.0 g/mol. The predicted octanol–water partition coefficient (Wildman–Crippen LogP) is -0.852. The van der Waals surface area contributed by atoms with E-state index in [-0.39, 0.29) is 0 Å². The second-order valence-corrected chi connectivity index (χ2v) is 1.54. The van der Waals surface area contributed by atoms with E-state index < -0.39 is 7.75 Å². The highest BCUT2D eigenvalue weighted by atomic mass is 31.2. The fourth-order valence-electron chi connectivity index (χ4n) is 0. The van der Waals surface area contributed by atoms with Crippen molar-refractivity contribution in [3.8, 4) is 0 Å². The summed E-state index contributed by atoms with van der Waals surface area (Å²) in [5.41, 5.74) is 7.19. The summed E-state index contributed by atoms with van der Waals surface area (Å²) in [7, 11) is -4.64. The molecule has 0 fully saturated rings. The van der Waals surface area contributed by atoms with Crippen LogP contribution >= 0.6 is 7.75 Å². The third kappa shape index (κ3) is 1510. The summed E-state index contributed by atoms with van der Waals surface area (Å²) in [6.07, 6.45) is 0. The molecule has 4 nitrogen and oxygen atoms in total. The van der Waals surface area contributed by atoms with E-state index in [2.05, 4.69) is 0 Å². The van der Waals surface area contributed by atoms with Gasteiger partial charge in [0.25, 0.3) is 0 Å². The van der Waals surface area contributed by atoms with Crippen molar-refractivity contribution in [2.24, 2.45) is 0 Å². The summed E-state index contributed by atoms with van der Waals surface area (Å²) in [5, 5.41) is 0. The molecule has 2 N–H and O–H groups in total. The lowest BCUT2D eigenvalue weighted by Crippen LogP contribution is -1.70. The van der Waals surface area contributed by atoms with Crippen molar-refractivity contribution in [1.82, 2.24) is 5.50 Å². The molecule has 0 aliphatic rings. The molecule has 0 aromatic heterocycles. The maximum Gasteiger partial charge on any atom is 0.434 e.